The minimum Gasteiger partial charge on any atom is -0.484 e. The molecule has 0 saturated carbocycles. The van der Waals surface area contributed by atoms with E-state index in [9.17, 15) is 13.6 Å². The van der Waals surface area contributed by atoms with Gasteiger partial charge in [-0.1, -0.05) is 41.9 Å². The molecule has 0 fully saturated rings. The Labute approximate surface area is 123 Å². The van der Waals surface area contributed by atoms with Crippen LogP contribution in [0.2, 0.25) is 5.02 Å². The van der Waals surface area contributed by atoms with Gasteiger partial charge in [-0.25, -0.2) is 4.39 Å². The fourth-order valence-corrected chi connectivity index (χ4v) is 1.97. The molecule has 2 aromatic carbocycles. The highest BCUT2D eigenvalue weighted by Gasteiger charge is 2.22. The number of ether oxygens (including phenoxy) is 1. The molecule has 0 bridgehead atoms. The number of hydrogen-bond acceptors (Lipinski definition) is 2. The highest BCUT2D eigenvalue weighted by molar-refractivity contribution is 6.67. The van der Waals surface area contributed by atoms with Crippen LogP contribution in [0.25, 0.3) is 0 Å². The summed E-state index contributed by atoms with van der Waals surface area (Å²) in [6.45, 7) is 0.0189. The Morgan fingerprint density at radius 1 is 1.15 bits per heavy atom. The first kappa shape index (κ1) is 14.8. The zero-order valence-corrected chi connectivity index (χ0v) is 11.5. The van der Waals surface area contributed by atoms with Crippen molar-refractivity contribution in [1.82, 2.24) is 0 Å². The van der Waals surface area contributed by atoms with Crippen LogP contribution in [-0.4, -0.2) is 5.24 Å². The van der Waals surface area contributed by atoms with Crippen LogP contribution in [0.5, 0.6) is 5.75 Å². The predicted molar refractivity (Wildman–Crippen MR) is 72.3 cm³/mol. The van der Waals surface area contributed by atoms with Gasteiger partial charge >= 0.3 is 0 Å². The number of carbonyl (C=O) groups excluding carboxylic acids is 1. The third kappa shape index (κ3) is 3.08. The van der Waals surface area contributed by atoms with E-state index in [1.54, 1.807) is 24.3 Å². The molecule has 0 aromatic heterocycles. The highest BCUT2D eigenvalue weighted by atomic mass is 35.5. The normalized spacial score (nSPS) is 10.4. The summed E-state index contributed by atoms with van der Waals surface area (Å²) in [6.07, 6.45) is 0. The van der Waals surface area contributed by atoms with Gasteiger partial charge in [-0.15, -0.1) is 0 Å². The topological polar surface area (TPSA) is 26.3 Å². The number of halogens is 4. The Morgan fingerprint density at radius 2 is 1.80 bits per heavy atom. The second kappa shape index (κ2) is 6.20. The van der Waals surface area contributed by atoms with Gasteiger partial charge in [-0.05, 0) is 23.2 Å². The molecular weight excluding hydrogens is 309 g/mol. The molecule has 104 valence electrons. The van der Waals surface area contributed by atoms with Crippen molar-refractivity contribution < 1.29 is 18.3 Å². The second-order valence-corrected chi connectivity index (χ2v) is 4.66. The van der Waals surface area contributed by atoms with Crippen molar-refractivity contribution >= 4 is 28.4 Å². The molecule has 0 aliphatic heterocycles. The maximum absolute atomic E-state index is 13.8. The summed E-state index contributed by atoms with van der Waals surface area (Å²) in [5.41, 5.74) is 0.141. The van der Waals surface area contributed by atoms with Crippen molar-refractivity contribution in [3.05, 3.63) is 64.2 Å². The first-order valence-corrected chi connectivity index (χ1v) is 6.30. The fourth-order valence-electron chi connectivity index (χ4n) is 1.58. The Bertz CT molecular complexity index is 645. The molecule has 2 rings (SSSR count). The minimum absolute atomic E-state index is 0.0189. The van der Waals surface area contributed by atoms with Crippen LogP contribution >= 0.6 is 23.2 Å². The van der Waals surface area contributed by atoms with Crippen LogP contribution in [0.3, 0.4) is 0 Å². The zero-order chi connectivity index (χ0) is 14.7. The van der Waals surface area contributed by atoms with E-state index in [1.807, 2.05) is 6.07 Å². The van der Waals surface area contributed by atoms with Crippen molar-refractivity contribution in [1.29, 1.82) is 0 Å². The third-order valence-corrected chi connectivity index (χ3v) is 3.04. The average molecular weight is 317 g/mol. The smallest absolute Gasteiger partial charge is 0.255 e. The van der Waals surface area contributed by atoms with E-state index in [-0.39, 0.29) is 11.6 Å². The van der Waals surface area contributed by atoms with Gasteiger partial charge < -0.3 is 4.74 Å². The molecule has 0 aliphatic rings. The van der Waals surface area contributed by atoms with E-state index in [0.717, 1.165) is 11.6 Å². The Balaban J connectivity index is 2.29. The number of rotatable bonds is 4. The molecule has 0 amide bonds. The van der Waals surface area contributed by atoms with E-state index in [4.69, 9.17) is 27.9 Å². The monoisotopic (exact) mass is 316 g/mol. The summed E-state index contributed by atoms with van der Waals surface area (Å²) >= 11 is 10.9. The molecule has 0 atom stereocenters. The van der Waals surface area contributed by atoms with Gasteiger partial charge in [0.2, 0.25) is 5.82 Å². The molecule has 2 nitrogen and oxygen atoms in total. The first-order valence-electron chi connectivity index (χ1n) is 5.54. The maximum atomic E-state index is 13.8. The molecule has 0 N–H and O–H groups in total. The Kier molecular flexibility index (Phi) is 4.57. The van der Waals surface area contributed by atoms with Crippen molar-refractivity contribution in [2.45, 2.75) is 6.61 Å². The SMILES string of the molecule is O=C(Cl)c1cc(Cl)c(OCc2ccccc2)c(F)c1F. The minimum atomic E-state index is -1.38. The van der Waals surface area contributed by atoms with E-state index in [2.05, 4.69) is 0 Å². The largest absolute Gasteiger partial charge is 0.484 e. The Hall–Kier alpha value is -1.65. The summed E-state index contributed by atoms with van der Waals surface area (Å²) in [7, 11) is 0. The van der Waals surface area contributed by atoms with Crippen LogP contribution < -0.4 is 4.74 Å². The lowest BCUT2D eigenvalue weighted by molar-refractivity contribution is 0.107. The van der Waals surface area contributed by atoms with E-state index >= 15 is 0 Å². The standard InChI is InChI=1S/C14H8Cl2F2O2/c15-10-6-9(14(16)19)11(17)12(18)13(10)20-7-8-4-2-1-3-5-8/h1-6H,7H2. The van der Waals surface area contributed by atoms with Gasteiger partial charge in [-0.2, -0.15) is 4.39 Å². The van der Waals surface area contributed by atoms with Crippen LogP contribution in [0.15, 0.2) is 36.4 Å². The van der Waals surface area contributed by atoms with Gasteiger partial charge in [0.25, 0.3) is 5.24 Å². The average Bonchev–Trinajstić information content (AvgIpc) is 2.43. The lowest BCUT2D eigenvalue weighted by Gasteiger charge is -2.11. The molecule has 6 heteroatoms. The summed E-state index contributed by atoms with van der Waals surface area (Å²) in [5.74, 6) is -3.16. The quantitative estimate of drug-likeness (QED) is 0.609. The predicted octanol–water partition coefficient (Wildman–Crippen LogP) is 4.58. The van der Waals surface area contributed by atoms with Gasteiger partial charge in [0.05, 0.1) is 10.6 Å². The van der Waals surface area contributed by atoms with E-state index in [0.29, 0.717) is 0 Å². The van der Waals surface area contributed by atoms with Gasteiger partial charge in [-0.3, -0.25) is 4.79 Å². The molecule has 0 radical (unpaired) electrons. The van der Waals surface area contributed by atoms with Crippen molar-refractivity contribution in [3.63, 3.8) is 0 Å². The van der Waals surface area contributed by atoms with E-state index in [1.165, 1.54) is 0 Å². The first-order chi connectivity index (χ1) is 9.50. The Morgan fingerprint density at radius 3 is 2.40 bits per heavy atom. The van der Waals surface area contributed by atoms with Crippen molar-refractivity contribution in [2.75, 3.05) is 0 Å². The molecule has 0 saturated heterocycles. The zero-order valence-electron chi connectivity index (χ0n) is 10.00. The van der Waals surface area contributed by atoms with E-state index < -0.39 is 28.2 Å². The lowest BCUT2D eigenvalue weighted by Crippen LogP contribution is -2.04. The van der Waals surface area contributed by atoms with Crippen LogP contribution in [0.4, 0.5) is 8.78 Å². The van der Waals surface area contributed by atoms with Gasteiger partial charge in [0.1, 0.15) is 6.61 Å². The number of carbonyl (C=O) groups is 1. The fraction of sp³-hybridized carbons (Fsp3) is 0.0714. The maximum Gasteiger partial charge on any atom is 0.255 e. The second-order valence-electron chi connectivity index (χ2n) is 3.91. The van der Waals surface area contributed by atoms with Crippen molar-refractivity contribution in [3.8, 4) is 5.75 Å². The molecular formula is C14H8Cl2F2O2. The molecule has 0 heterocycles. The molecule has 20 heavy (non-hydrogen) atoms. The summed E-state index contributed by atoms with van der Waals surface area (Å²) < 4.78 is 32.6. The molecule has 2 aromatic rings. The number of benzene rings is 2. The highest BCUT2D eigenvalue weighted by Crippen LogP contribution is 2.33. The summed E-state index contributed by atoms with van der Waals surface area (Å²) in [5, 5.41) is -1.35. The summed E-state index contributed by atoms with van der Waals surface area (Å²) in [4.78, 5) is 10.9. The van der Waals surface area contributed by atoms with Gasteiger partial charge in [0, 0.05) is 0 Å². The number of hydrogen-bond donors (Lipinski definition) is 0. The van der Waals surface area contributed by atoms with Crippen molar-refractivity contribution in [2.24, 2.45) is 0 Å². The van der Waals surface area contributed by atoms with Crippen LogP contribution in [0.1, 0.15) is 15.9 Å². The van der Waals surface area contributed by atoms with Crippen LogP contribution in [0, 0.1) is 11.6 Å². The molecule has 0 unspecified atom stereocenters. The van der Waals surface area contributed by atoms with Crippen LogP contribution in [-0.2, 0) is 6.61 Å². The molecule has 0 aliphatic carbocycles. The third-order valence-electron chi connectivity index (χ3n) is 2.55. The van der Waals surface area contributed by atoms with Gasteiger partial charge in [0.15, 0.2) is 11.6 Å². The lowest BCUT2D eigenvalue weighted by atomic mass is 10.2. The molecule has 0 spiro atoms. The summed E-state index contributed by atoms with van der Waals surface area (Å²) in [6, 6.07) is 9.85.